The Hall–Kier alpha value is -0.620. The zero-order valence-electron chi connectivity index (χ0n) is 11.1. The third kappa shape index (κ3) is 4.57. The van der Waals surface area contributed by atoms with Crippen LogP contribution in [0, 0.1) is 0 Å². The minimum Gasteiger partial charge on any atom is -0.465 e. The predicted molar refractivity (Wildman–Crippen MR) is 70.1 cm³/mol. The quantitative estimate of drug-likeness (QED) is 0.700. The monoisotopic (exact) mass is 277 g/mol. The number of esters is 1. The van der Waals surface area contributed by atoms with Crippen LogP contribution in [0.3, 0.4) is 0 Å². The molecule has 106 valence electrons. The van der Waals surface area contributed by atoms with E-state index in [9.17, 15) is 13.2 Å². The van der Waals surface area contributed by atoms with E-state index in [-0.39, 0.29) is 12.6 Å². The molecular weight excluding hydrogens is 254 g/mol. The normalized spacial score (nSPS) is 24.1. The molecule has 0 aliphatic heterocycles. The van der Waals surface area contributed by atoms with Gasteiger partial charge in [0.15, 0.2) is 9.84 Å². The maximum Gasteiger partial charge on any atom is 0.321 e. The van der Waals surface area contributed by atoms with Gasteiger partial charge >= 0.3 is 5.97 Å². The third-order valence-electron chi connectivity index (χ3n) is 3.20. The Morgan fingerprint density at radius 1 is 1.33 bits per heavy atom. The zero-order valence-corrected chi connectivity index (χ0v) is 12.0. The number of sulfone groups is 1. The summed E-state index contributed by atoms with van der Waals surface area (Å²) in [6.45, 7) is 4.89. The first-order chi connectivity index (χ1) is 8.49. The van der Waals surface area contributed by atoms with E-state index in [1.807, 2.05) is 0 Å². The fourth-order valence-electron chi connectivity index (χ4n) is 2.28. The molecule has 18 heavy (non-hydrogen) atoms. The summed E-state index contributed by atoms with van der Waals surface area (Å²) in [5, 5.41) is 2.94. The van der Waals surface area contributed by atoms with Gasteiger partial charge in [0.1, 0.15) is 5.75 Å². The largest absolute Gasteiger partial charge is 0.465 e. The highest BCUT2D eigenvalue weighted by Crippen LogP contribution is 2.26. The summed E-state index contributed by atoms with van der Waals surface area (Å²) < 4.78 is 28.7. The number of carbonyl (C=O) groups is 1. The molecule has 1 aliphatic carbocycles. The molecule has 0 spiro atoms. The third-order valence-corrected chi connectivity index (χ3v) is 5.28. The highest BCUT2D eigenvalue weighted by Gasteiger charge is 2.35. The molecule has 0 aromatic heterocycles. The van der Waals surface area contributed by atoms with Gasteiger partial charge in [-0.1, -0.05) is 6.92 Å². The molecule has 1 aliphatic rings. The Bertz CT molecular complexity index is 366. The highest BCUT2D eigenvalue weighted by atomic mass is 32.2. The lowest BCUT2D eigenvalue weighted by Crippen LogP contribution is -2.31. The Balaban J connectivity index is 2.47. The summed E-state index contributed by atoms with van der Waals surface area (Å²) in [7, 11) is -3.35. The van der Waals surface area contributed by atoms with Crippen molar-refractivity contribution >= 4 is 15.8 Å². The predicted octanol–water partition coefficient (Wildman–Crippen LogP) is 0.885. The van der Waals surface area contributed by atoms with Crippen molar-refractivity contribution in [3.05, 3.63) is 0 Å². The Labute approximate surface area is 109 Å². The van der Waals surface area contributed by atoms with E-state index in [1.165, 1.54) is 0 Å². The Kier molecular flexibility index (Phi) is 6.08. The minimum atomic E-state index is -3.35. The molecule has 0 heterocycles. The van der Waals surface area contributed by atoms with Gasteiger partial charge in [0.2, 0.25) is 0 Å². The molecule has 6 heteroatoms. The van der Waals surface area contributed by atoms with Gasteiger partial charge in [-0.3, -0.25) is 4.79 Å². The molecule has 1 saturated carbocycles. The van der Waals surface area contributed by atoms with Gasteiger partial charge in [-0.05, 0) is 39.2 Å². The average Bonchev–Trinajstić information content (AvgIpc) is 2.75. The molecule has 1 fully saturated rings. The van der Waals surface area contributed by atoms with E-state index in [4.69, 9.17) is 4.74 Å². The molecule has 2 unspecified atom stereocenters. The second-order valence-corrected chi connectivity index (χ2v) is 6.98. The molecule has 0 radical (unpaired) electrons. The molecule has 0 aromatic carbocycles. The summed E-state index contributed by atoms with van der Waals surface area (Å²) in [6.07, 6.45) is 3.16. The van der Waals surface area contributed by atoms with Gasteiger partial charge in [-0.25, -0.2) is 8.42 Å². The number of ether oxygens (including phenoxy) is 1. The second-order valence-electron chi connectivity index (χ2n) is 4.70. The number of hydrogen-bond donors (Lipinski definition) is 1. The minimum absolute atomic E-state index is 0.222. The summed E-state index contributed by atoms with van der Waals surface area (Å²) in [5.74, 6) is -1.12. The first kappa shape index (κ1) is 15.4. The van der Waals surface area contributed by atoms with Crippen LogP contribution in [-0.4, -0.2) is 44.6 Å². The van der Waals surface area contributed by atoms with Crippen LogP contribution in [0.25, 0.3) is 0 Å². The van der Waals surface area contributed by atoms with Crippen LogP contribution < -0.4 is 5.32 Å². The van der Waals surface area contributed by atoms with E-state index >= 15 is 0 Å². The van der Waals surface area contributed by atoms with Crippen LogP contribution in [0.5, 0.6) is 0 Å². The lowest BCUT2D eigenvalue weighted by molar-refractivity contribution is -0.139. The standard InChI is InChI=1S/C12H23NO4S/c1-3-7-13-10-5-6-11(8-10)18(15,16)9-12(14)17-4-2/h10-11,13H,3-9H2,1-2H3. The van der Waals surface area contributed by atoms with Crippen molar-refractivity contribution in [2.75, 3.05) is 18.9 Å². The van der Waals surface area contributed by atoms with Crippen molar-refractivity contribution < 1.29 is 17.9 Å². The number of hydrogen-bond acceptors (Lipinski definition) is 5. The van der Waals surface area contributed by atoms with Crippen molar-refractivity contribution in [2.24, 2.45) is 0 Å². The number of carbonyl (C=O) groups excluding carboxylic acids is 1. The van der Waals surface area contributed by atoms with Gasteiger partial charge in [0, 0.05) is 6.04 Å². The van der Waals surface area contributed by atoms with Crippen molar-refractivity contribution in [3.8, 4) is 0 Å². The molecule has 1 rings (SSSR count). The van der Waals surface area contributed by atoms with Gasteiger partial charge in [-0.15, -0.1) is 0 Å². The molecule has 0 aromatic rings. The Morgan fingerprint density at radius 2 is 2.06 bits per heavy atom. The lowest BCUT2D eigenvalue weighted by Gasteiger charge is -2.13. The summed E-state index contributed by atoms with van der Waals surface area (Å²) in [4.78, 5) is 11.3. The molecule has 5 nitrogen and oxygen atoms in total. The van der Waals surface area contributed by atoms with Crippen molar-refractivity contribution in [1.82, 2.24) is 5.32 Å². The highest BCUT2D eigenvalue weighted by molar-refractivity contribution is 7.92. The maximum absolute atomic E-state index is 12.0. The van der Waals surface area contributed by atoms with Crippen LogP contribution in [0.15, 0.2) is 0 Å². The topological polar surface area (TPSA) is 72.5 Å². The first-order valence-corrected chi connectivity index (χ1v) is 8.31. The fourth-order valence-corrected chi connectivity index (χ4v) is 3.95. The van der Waals surface area contributed by atoms with E-state index < -0.39 is 26.8 Å². The van der Waals surface area contributed by atoms with Crippen LogP contribution in [0.4, 0.5) is 0 Å². The van der Waals surface area contributed by atoms with E-state index in [0.29, 0.717) is 12.8 Å². The molecule has 2 atom stereocenters. The summed E-state index contributed by atoms with van der Waals surface area (Å²) >= 11 is 0. The smallest absolute Gasteiger partial charge is 0.321 e. The molecule has 0 bridgehead atoms. The van der Waals surface area contributed by atoms with Crippen LogP contribution >= 0.6 is 0 Å². The van der Waals surface area contributed by atoms with Crippen LogP contribution in [-0.2, 0) is 19.4 Å². The van der Waals surface area contributed by atoms with Gasteiger partial charge in [0.25, 0.3) is 0 Å². The average molecular weight is 277 g/mol. The van der Waals surface area contributed by atoms with Crippen LogP contribution in [0.1, 0.15) is 39.5 Å². The SMILES string of the molecule is CCCNC1CCC(S(=O)(=O)CC(=O)OCC)C1. The summed E-state index contributed by atoms with van der Waals surface area (Å²) in [6, 6.07) is 0.270. The van der Waals surface area contributed by atoms with E-state index in [2.05, 4.69) is 12.2 Å². The lowest BCUT2D eigenvalue weighted by atomic mass is 10.2. The first-order valence-electron chi connectivity index (χ1n) is 6.60. The van der Waals surface area contributed by atoms with Gasteiger partial charge in [0.05, 0.1) is 11.9 Å². The van der Waals surface area contributed by atoms with Crippen molar-refractivity contribution in [1.29, 1.82) is 0 Å². The molecule has 1 N–H and O–H groups in total. The zero-order chi connectivity index (χ0) is 13.6. The second kappa shape index (κ2) is 7.09. The van der Waals surface area contributed by atoms with Crippen molar-refractivity contribution in [3.63, 3.8) is 0 Å². The Morgan fingerprint density at radius 3 is 2.67 bits per heavy atom. The van der Waals surface area contributed by atoms with E-state index in [1.54, 1.807) is 6.92 Å². The van der Waals surface area contributed by atoms with Gasteiger partial charge < -0.3 is 10.1 Å². The number of nitrogens with one attached hydrogen (secondary N) is 1. The summed E-state index contributed by atoms with van der Waals surface area (Å²) in [5.41, 5.74) is 0. The van der Waals surface area contributed by atoms with Crippen molar-refractivity contribution in [2.45, 2.75) is 50.8 Å². The van der Waals surface area contributed by atoms with E-state index in [0.717, 1.165) is 19.4 Å². The fraction of sp³-hybridized carbons (Fsp3) is 0.917. The molecular formula is C12H23NO4S. The molecule has 0 amide bonds. The van der Waals surface area contributed by atoms with Crippen LogP contribution in [0.2, 0.25) is 0 Å². The molecule has 0 saturated heterocycles. The van der Waals surface area contributed by atoms with Gasteiger partial charge in [-0.2, -0.15) is 0 Å². The number of rotatable bonds is 7. The maximum atomic E-state index is 12.0.